The standard InChI is InChI=1S/C23H18F4N4O3/c1-13-11-31-21(30(13)2)9-20(29-22(31)32)33-12-14-3-6-19(18(24)7-14)34-16-5-4-15(10-28)17(8-16)23(25,26)27/h3-9,13H,11-12H2,1-2H3/t13-/m0/s1. The van der Waals surface area contributed by atoms with Crippen LogP contribution in [0.1, 0.15) is 23.6 Å². The van der Waals surface area contributed by atoms with Gasteiger partial charge in [0.25, 0.3) is 0 Å². The third-order valence-electron chi connectivity index (χ3n) is 5.46. The quantitative estimate of drug-likeness (QED) is 0.508. The summed E-state index contributed by atoms with van der Waals surface area (Å²) in [5.41, 5.74) is -1.78. The highest BCUT2D eigenvalue weighted by atomic mass is 19.4. The Morgan fingerprint density at radius 1 is 1.21 bits per heavy atom. The average molecular weight is 474 g/mol. The molecule has 0 unspecified atom stereocenters. The fraction of sp³-hybridized carbons (Fsp3) is 0.261. The van der Waals surface area contributed by atoms with E-state index in [-0.39, 0.29) is 30.0 Å². The SMILES string of the molecule is C[C@H]1Cn2c(cc(OCc3ccc(Oc4ccc(C#N)c(C(F)(F)F)c4)c(F)c3)nc2=O)N1C. The van der Waals surface area contributed by atoms with Crippen LogP contribution in [0.2, 0.25) is 0 Å². The van der Waals surface area contributed by atoms with Crippen molar-refractivity contribution >= 4 is 5.82 Å². The lowest BCUT2D eigenvalue weighted by molar-refractivity contribution is -0.137. The number of nitriles is 1. The highest BCUT2D eigenvalue weighted by Crippen LogP contribution is 2.36. The Bertz CT molecular complexity index is 1350. The van der Waals surface area contributed by atoms with E-state index in [9.17, 15) is 22.4 Å². The fourth-order valence-electron chi connectivity index (χ4n) is 3.54. The number of alkyl halides is 3. The molecule has 0 fully saturated rings. The number of anilines is 1. The minimum atomic E-state index is -4.76. The zero-order valence-electron chi connectivity index (χ0n) is 18.1. The maximum atomic E-state index is 14.5. The third kappa shape index (κ3) is 4.52. The van der Waals surface area contributed by atoms with Crippen LogP contribution in [-0.2, 0) is 19.3 Å². The van der Waals surface area contributed by atoms with E-state index < -0.39 is 28.8 Å². The van der Waals surface area contributed by atoms with Gasteiger partial charge >= 0.3 is 11.9 Å². The molecule has 2 aromatic carbocycles. The number of ether oxygens (including phenoxy) is 2. The minimum absolute atomic E-state index is 0.0928. The van der Waals surface area contributed by atoms with Crippen LogP contribution in [0.5, 0.6) is 17.4 Å². The molecule has 1 aromatic heterocycles. The predicted molar refractivity (Wildman–Crippen MR) is 113 cm³/mol. The van der Waals surface area contributed by atoms with Crippen molar-refractivity contribution in [2.45, 2.75) is 32.3 Å². The van der Waals surface area contributed by atoms with E-state index in [1.807, 2.05) is 18.9 Å². The van der Waals surface area contributed by atoms with Gasteiger partial charge in [-0.3, -0.25) is 4.57 Å². The van der Waals surface area contributed by atoms with Gasteiger partial charge in [0.05, 0.1) is 17.2 Å². The van der Waals surface area contributed by atoms with E-state index in [2.05, 4.69) is 4.98 Å². The van der Waals surface area contributed by atoms with Crippen molar-refractivity contribution in [1.82, 2.24) is 9.55 Å². The molecular formula is C23H18F4N4O3. The molecular weight excluding hydrogens is 456 g/mol. The summed E-state index contributed by atoms with van der Waals surface area (Å²) in [7, 11) is 1.85. The first-order valence-electron chi connectivity index (χ1n) is 10.1. The summed E-state index contributed by atoms with van der Waals surface area (Å²) in [5.74, 6) is -0.635. The predicted octanol–water partition coefficient (Wildman–Crippen LogP) is 4.48. The van der Waals surface area contributed by atoms with Crippen molar-refractivity contribution in [2.24, 2.45) is 0 Å². The number of benzene rings is 2. The van der Waals surface area contributed by atoms with E-state index in [1.165, 1.54) is 22.8 Å². The second-order valence-corrected chi connectivity index (χ2v) is 7.78. The normalized spacial score (nSPS) is 15.1. The Kier molecular flexibility index (Phi) is 5.91. The van der Waals surface area contributed by atoms with Crippen molar-refractivity contribution in [2.75, 3.05) is 11.9 Å². The van der Waals surface area contributed by atoms with E-state index in [1.54, 1.807) is 6.07 Å². The largest absolute Gasteiger partial charge is 0.473 e. The summed E-state index contributed by atoms with van der Waals surface area (Å²) >= 11 is 0. The van der Waals surface area contributed by atoms with E-state index >= 15 is 0 Å². The summed E-state index contributed by atoms with van der Waals surface area (Å²) in [6.07, 6.45) is -4.76. The van der Waals surface area contributed by atoms with Gasteiger partial charge < -0.3 is 14.4 Å². The zero-order chi connectivity index (χ0) is 24.6. The Labute approximate surface area is 191 Å². The number of halogens is 4. The lowest BCUT2D eigenvalue weighted by Gasteiger charge is -2.16. The lowest BCUT2D eigenvalue weighted by Crippen LogP contribution is -2.23. The van der Waals surface area contributed by atoms with Gasteiger partial charge in [0, 0.05) is 25.7 Å². The molecule has 1 atom stereocenters. The number of fused-ring (bicyclic) bond motifs is 1. The van der Waals surface area contributed by atoms with E-state index in [4.69, 9.17) is 14.7 Å². The Balaban J connectivity index is 1.48. The molecule has 11 heteroatoms. The number of hydrogen-bond acceptors (Lipinski definition) is 6. The molecule has 0 N–H and O–H groups in total. The molecule has 0 saturated heterocycles. The summed E-state index contributed by atoms with van der Waals surface area (Å²) in [6.45, 7) is 2.40. The summed E-state index contributed by atoms with van der Waals surface area (Å²) in [5, 5.41) is 8.87. The molecule has 0 spiro atoms. The summed E-state index contributed by atoms with van der Waals surface area (Å²) in [6, 6.07) is 9.82. The van der Waals surface area contributed by atoms with Crippen molar-refractivity contribution in [1.29, 1.82) is 5.26 Å². The van der Waals surface area contributed by atoms with Crippen LogP contribution in [0.3, 0.4) is 0 Å². The minimum Gasteiger partial charge on any atom is -0.473 e. The van der Waals surface area contributed by atoms with Crippen molar-refractivity contribution in [3.8, 4) is 23.4 Å². The highest BCUT2D eigenvalue weighted by Gasteiger charge is 2.34. The van der Waals surface area contributed by atoms with Crippen molar-refractivity contribution in [3.63, 3.8) is 0 Å². The Morgan fingerprint density at radius 2 is 1.97 bits per heavy atom. The number of hydrogen-bond donors (Lipinski definition) is 0. The van der Waals surface area contributed by atoms with E-state index in [0.717, 1.165) is 18.2 Å². The van der Waals surface area contributed by atoms with Gasteiger partial charge in [0.15, 0.2) is 11.6 Å². The van der Waals surface area contributed by atoms with Gasteiger partial charge in [-0.25, -0.2) is 9.18 Å². The first-order valence-corrected chi connectivity index (χ1v) is 10.1. The molecule has 0 radical (unpaired) electrons. The van der Waals surface area contributed by atoms with Crippen LogP contribution in [0.4, 0.5) is 23.4 Å². The highest BCUT2D eigenvalue weighted by molar-refractivity contribution is 5.47. The second kappa shape index (κ2) is 8.70. The molecule has 34 heavy (non-hydrogen) atoms. The molecule has 2 heterocycles. The number of likely N-dealkylation sites (N-methyl/N-ethyl adjacent to an activating group) is 1. The number of rotatable bonds is 5. The van der Waals surface area contributed by atoms with Crippen LogP contribution in [0.15, 0.2) is 47.3 Å². The zero-order valence-corrected chi connectivity index (χ0v) is 18.1. The molecule has 1 aliphatic rings. The molecule has 0 saturated carbocycles. The molecule has 3 aromatic rings. The van der Waals surface area contributed by atoms with Gasteiger partial charge in [0.1, 0.15) is 18.2 Å². The third-order valence-corrected chi connectivity index (χ3v) is 5.46. The van der Waals surface area contributed by atoms with Gasteiger partial charge in [-0.05, 0) is 42.8 Å². The Morgan fingerprint density at radius 3 is 2.65 bits per heavy atom. The lowest BCUT2D eigenvalue weighted by atomic mass is 10.1. The molecule has 7 nitrogen and oxygen atoms in total. The maximum Gasteiger partial charge on any atom is 0.417 e. The van der Waals surface area contributed by atoms with Gasteiger partial charge in [-0.1, -0.05) is 6.07 Å². The number of nitrogens with zero attached hydrogens (tertiary/aromatic N) is 4. The molecule has 0 aliphatic carbocycles. The van der Waals surface area contributed by atoms with Crippen molar-refractivity contribution < 1.29 is 27.0 Å². The molecule has 4 rings (SSSR count). The van der Waals surface area contributed by atoms with E-state index in [0.29, 0.717) is 24.0 Å². The average Bonchev–Trinajstić information content (AvgIpc) is 3.08. The van der Waals surface area contributed by atoms with Crippen LogP contribution in [0.25, 0.3) is 0 Å². The molecule has 1 aliphatic heterocycles. The van der Waals surface area contributed by atoms with Crippen LogP contribution >= 0.6 is 0 Å². The van der Waals surface area contributed by atoms with Crippen LogP contribution < -0.4 is 20.1 Å². The first kappa shape index (κ1) is 23.1. The van der Waals surface area contributed by atoms with Gasteiger partial charge in [-0.15, -0.1) is 0 Å². The molecule has 0 amide bonds. The fourth-order valence-corrected chi connectivity index (χ4v) is 3.54. The number of aromatic nitrogens is 2. The summed E-state index contributed by atoms with van der Waals surface area (Å²) in [4.78, 5) is 18.0. The maximum absolute atomic E-state index is 14.5. The molecule has 0 bridgehead atoms. The van der Waals surface area contributed by atoms with Gasteiger partial charge in [-0.2, -0.15) is 23.4 Å². The second-order valence-electron chi connectivity index (χ2n) is 7.78. The van der Waals surface area contributed by atoms with Crippen LogP contribution in [0, 0.1) is 17.1 Å². The topological polar surface area (TPSA) is 80.4 Å². The Hall–Kier alpha value is -4.07. The molecule has 176 valence electrons. The summed E-state index contributed by atoms with van der Waals surface area (Å²) < 4.78 is 66.3. The monoisotopic (exact) mass is 474 g/mol. The van der Waals surface area contributed by atoms with Crippen molar-refractivity contribution in [3.05, 3.63) is 75.5 Å². The smallest absolute Gasteiger partial charge is 0.417 e. The van der Waals surface area contributed by atoms with Crippen LogP contribution in [-0.4, -0.2) is 22.6 Å². The first-order chi connectivity index (χ1) is 16.1. The van der Waals surface area contributed by atoms with Gasteiger partial charge in [0.2, 0.25) is 5.88 Å².